The normalized spacial score (nSPS) is 9.56. The number of rotatable bonds is 0. The van der Waals surface area contributed by atoms with Gasteiger partial charge in [-0.05, 0) is 47.2 Å². The minimum absolute atomic E-state index is 0.216. The van der Waals surface area contributed by atoms with Crippen LogP contribution in [0.2, 0.25) is 0 Å². The third-order valence-corrected chi connectivity index (χ3v) is 2.37. The highest BCUT2D eigenvalue weighted by molar-refractivity contribution is 5.84. The molecule has 2 N–H and O–H groups in total. The second kappa shape index (κ2) is 5.68. The molecule has 3 nitrogen and oxygen atoms in total. The minimum Gasteiger partial charge on any atom is -0.508 e. The molecule has 0 amide bonds. The van der Waals surface area contributed by atoms with E-state index in [-0.39, 0.29) is 11.5 Å². The van der Waals surface area contributed by atoms with Crippen LogP contribution >= 0.6 is 0 Å². The molecule has 0 saturated heterocycles. The molecule has 0 saturated carbocycles. The van der Waals surface area contributed by atoms with Gasteiger partial charge >= 0.3 is 0 Å². The lowest BCUT2D eigenvalue weighted by Crippen LogP contribution is -1.71. The molecule has 90 valence electrons. The molecule has 0 atom stereocenters. The van der Waals surface area contributed by atoms with Crippen molar-refractivity contribution in [1.29, 1.82) is 0 Å². The van der Waals surface area contributed by atoms with Crippen LogP contribution in [0.3, 0.4) is 0 Å². The van der Waals surface area contributed by atoms with E-state index in [0.29, 0.717) is 0 Å². The highest BCUT2D eigenvalue weighted by atomic mass is 16.3. The Hall–Kier alpha value is -2.55. The Bertz CT molecular complexity index is 560. The first-order chi connectivity index (χ1) is 8.75. The number of benzene rings is 2. The summed E-state index contributed by atoms with van der Waals surface area (Å²) < 4.78 is 0. The van der Waals surface area contributed by atoms with E-state index in [4.69, 9.17) is 10.2 Å². The molecule has 0 aliphatic heterocycles. The molecule has 3 aromatic rings. The quantitative estimate of drug-likeness (QED) is 0.632. The maximum Gasteiger partial charge on any atom is 0.116 e. The average molecular weight is 239 g/mol. The fraction of sp³-hybridized carbons (Fsp3) is 0. The predicted molar refractivity (Wildman–Crippen MR) is 71.5 cm³/mol. The molecular weight excluding hydrogens is 226 g/mol. The molecule has 0 aliphatic carbocycles. The first kappa shape index (κ1) is 11.9. The lowest BCUT2D eigenvalue weighted by Gasteiger charge is -1.98. The van der Waals surface area contributed by atoms with E-state index in [1.807, 2.05) is 30.3 Å². The van der Waals surface area contributed by atoms with Crippen LogP contribution in [0.1, 0.15) is 0 Å². The van der Waals surface area contributed by atoms with Gasteiger partial charge in [-0.25, -0.2) is 0 Å². The Labute approximate surface area is 105 Å². The summed E-state index contributed by atoms with van der Waals surface area (Å²) in [6.07, 6.45) is 3.50. The smallest absolute Gasteiger partial charge is 0.116 e. The summed E-state index contributed by atoms with van der Waals surface area (Å²) in [5.74, 6) is 0.432. The van der Waals surface area contributed by atoms with Gasteiger partial charge in [0.05, 0.1) is 0 Å². The average Bonchev–Trinajstić information content (AvgIpc) is 2.41. The number of aromatic nitrogens is 1. The van der Waals surface area contributed by atoms with Crippen molar-refractivity contribution in [2.75, 3.05) is 0 Å². The van der Waals surface area contributed by atoms with Gasteiger partial charge < -0.3 is 10.2 Å². The molecule has 1 heterocycles. The summed E-state index contributed by atoms with van der Waals surface area (Å²) in [6, 6.07) is 15.8. The van der Waals surface area contributed by atoms with Crippen LogP contribution in [0.15, 0.2) is 67.0 Å². The first-order valence-electron chi connectivity index (χ1n) is 5.52. The van der Waals surface area contributed by atoms with Crippen LogP contribution < -0.4 is 0 Å². The number of phenolic OH excluding ortho intramolecular Hbond substituents is 2. The van der Waals surface area contributed by atoms with Crippen molar-refractivity contribution < 1.29 is 10.2 Å². The maximum atomic E-state index is 9.14. The van der Waals surface area contributed by atoms with E-state index < -0.39 is 0 Å². The molecule has 1 aromatic heterocycles. The van der Waals surface area contributed by atoms with Crippen molar-refractivity contribution >= 4 is 10.8 Å². The van der Waals surface area contributed by atoms with Crippen LogP contribution in [-0.2, 0) is 0 Å². The lowest BCUT2D eigenvalue weighted by molar-refractivity contribution is 0.474. The Balaban J connectivity index is 0.000000169. The zero-order valence-electron chi connectivity index (χ0n) is 9.69. The maximum absolute atomic E-state index is 9.14. The monoisotopic (exact) mass is 239 g/mol. The second-order valence-corrected chi connectivity index (χ2v) is 3.74. The van der Waals surface area contributed by atoms with Crippen LogP contribution in [-0.4, -0.2) is 15.2 Å². The Kier molecular flexibility index (Phi) is 3.76. The zero-order chi connectivity index (χ0) is 12.8. The Morgan fingerprint density at radius 1 is 0.667 bits per heavy atom. The van der Waals surface area contributed by atoms with Crippen molar-refractivity contribution in [3.8, 4) is 11.5 Å². The Morgan fingerprint density at radius 2 is 1.22 bits per heavy atom. The third kappa shape index (κ3) is 3.22. The molecule has 2 aromatic carbocycles. The second-order valence-electron chi connectivity index (χ2n) is 3.74. The summed E-state index contributed by atoms with van der Waals surface area (Å²) in [5, 5.41) is 20.1. The molecule has 3 heteroatoms. The predicted octanol–water partition coefficient (Wildman–Crippen LogP) is 3.33. The topological polar surface area (TPSA) is 53.4 Å². The van der Waals surface area contributed by atoms with Gasteiger partial charge in [-0.3, -0.25) is 4.98 Å². The molecule has 0 spiro atoms. The van der Waals surface area contributed by atoms with Gasteiger partial charge in [-0.1, -0.05) is 18.2 Å². The van der Waals surface area contributed by atoms with Crippen LogP contribution in [0.5, 0.6) is 11.5 Å². The number of hydrogen-bond acceptors (Lipinski definition) is 3. The fourth-order valence-corrected chi connectivity index (χ4v) is 1.53. The highest BCUT2D eigenvalue weighted by Crippen LogP contribution is 2.23. The number of aromatic hydroxyl groups is 2. The zero-order valence-corrected chi connectivity index (χ0v) is 9.69. The molecule has 0 unspecified atom stereocenters. The summed E-state index contributed by atoms with van der Waals surface area (Å²) in [5.41, 5.74) is 0. The van der Waals surface area contributed by atoms with Gasteiger partial charge in [0.1, 0.15) is 11.5 Å². The number of fused-ring (bicyclic) bond motifs is 1. The van der Waals surface area contributed by atoms with Gasteiger partial charge in [0, 0.05) is 12.4 Å². The molecule has 3 rings (SSSR count). The van der Waals surface area contributed by atoms with Crippen molar-refractivity contribution in [3.63, 3.8) is 0 Å². The van der Waals surface area contributed by atoms with E-state index in [0.717, 1.165) is 10.8 Å². The number of hydrogen-bond donors (Lipinski definition) is 2. The molecular formula is C15H13NO2. The van der Waals surface area contributed by atoms with Gasteiger partial charge in [-0.2, -0.15) is 0 Å². The molecule has 0 radical (unpaired) electrons. The lowest BCUT2D eigenvalue weighted by atomic mass is 10.1. The van der Waals surface area contributed by atoms with Crippen molar-refractivity contribution in [2.45, 2.75) is 0 Å². The molecule has 0 fully saturated rings. The van der Waals surface area contributed by atoms with Gasteiger partial charge in [0.25, 0.3) is 0 Å². The summed E-state index contributed by atoms with van der Waals surface area (Å²) in [6.45, 7) is 0. The van der Waals surface area contributed by atoms with Crippen LogP contribution in [0.25, 0.3) is 10.8 Å². The van der Waals surface area contributed by atoms with Gasteiger partial charge in [0.15, 0.2) is 0 Å². The summed E-state index contributed by atoms with van der Waals surface area (Å²) in [4.78, 5) is 3.78. The van der Waals surface area contributed by atoms with Crippen LogP contribution in [0, 0.1) is 0 Å². The summed E-state index contributed by atoms with van der Waals surface area (Å²) in [7, 11) is 0. The van der Waals surface area contributed by atoms with Gasteiger partial charge in [0.2, 0.25) is 0 Å². The highest BCUT2D eigenvalue weighted by Gasteiger charge is 1.95. The number of nitrogens with zero attached hydrogens (tertiary/aromatic N) is 1. The van der Waals surface area contributed by atoms with E-state index in [2.05, 4.69) is 4.98 Å². The SMILES string of the molecule is Oc1ccc2ccc(O)cc2c1.c1ccncc1. The minimum atomic E-state index is 0.216. The van der Waals surface area contributed by atoms with Crippen molar-refractivity contribution in [1.82, 2.24) is 4.98 Å². The third-order valence-electron chi connectivity index (χ3n) is 2.37. The first-order valence-corrected chi connectivity index (χ1v) is 5.52. The summed E-state index contributed by atoms with van der Waals surface area (Å²) >= 11 is 0. The standard InChI is InChI=1S/C10H8O2.C5H5N/c11-9-3-1-7-2-4-10(12)6-8(7)5-9;1-2-4-6-5-3-1/h1-6,11-12H;1-5H. The van der Waals surface area contributed by atoms with E-state index in [1.54, 1.807) is 36.7 Å². The van der Waals surface area contributed by atoms with Crippen molar-refractivity contribution in [2.24, 2.45) is 0 Å². The molecule has 0 bridgehead atoms. The van der Waals surface area contributed by atoms with E-state index in [9.17, 15) is 0 Å². The Morgan fingerprint density at radius 3 is 1.61 bits per heavy atom. The van der Waals surface area contributed by atoms with Crippen molar-refractivity contribution in [3.05, 3.63) is 67.0 Å². The van der Waals surface area contributed by atoms with Gasteiger partial charge in [-0.15, -0.1) is 0 Å². The number of pyridine rings is 1. The molecule has 18 heavy (non-hydrogen) atoms. The van der Waals surface area contributed by atoms with E-state index in [1.165, 1.54) is 0 Å². The number of phenols is 2. The fourth-order valence-electron chi connectivity index (χ4n) is 1.53. The van der Waals surface area contributed by atoms with E-state index >= 15 is 0 Å². The largest absolute Gasteiger partial charge is 0.508 e. The van der Waals surface area contributed by atoms with Crippen LogP contribution in [0.4, 0.5) is 0 Å². The molecule has 0 aliphatic rings.